The quantitative estimate of drug-likeness (QED) is 0.618. The van der Waals surface area contributed by atoms with Gasteiger partial charge < -0.3 is 9.47 Å². The van der Waals surface area contributed by atoms with E-state index in [0.29, 0.717) is 10.6 Å². The Labute approximate surface area is 144 Å². The summed E-state index contributed by atoms with van der Waals surface area (Å²) in [5, 5.41) is 0.451. The van der Waals surface area contributed by atoms with Gasteiger partial charge in [0.25, 0.3) is 0 Å². The van der Waals surface area contributed by atoms with Crippen LogP contribution in [0.25, 0.3) is 0 Å². The number of ketones is 1. The Bertz CT molecular complexity index is 728. The fourth-order valence-corrected chi connectivity index (χ4v) is 4.70. The average molecular weight is 349 g/mol. The highest BCUT2D eigenvalue weighted by Crippen LogP contribution is 2.58. The van der Waals surface area contributed by atoms with Gasteiger partial charge in [-0.25, -0.2) is 0 Å². The number of fused-ring (bicyclic) bond motifs is 1. The van der Waals surface area contributed by atoms with E-state index in [9.17, 15) is 14.4 Å². The van der Waals surface area contributed by atoms with Crippen LogP contribution < -0.4 is 0 Å². The lowest BCUT2D eigenvalue weighted by Gasteiger charge is -2.24. The van der Waals surface area contributed by atoms with Gasteiger partial charge in [0.15, 0.2) is 6.10 Å². The smallest absolute Gasteiger partial charge is 0.310 e. The second-order valence-electron chi connectivity index (χ2n) is 6.88. The van der Waals surface area contributed by atoms with Gasteiger partial charge >= 0.3 is 11.9 Å². The van der Waals surface area contributed by atoms with Gasteiger partial charge in [0.05, 0.1) is 11.8 Å². The molecule has 0 radical (unpaired) electrons. The van der Waals surface area contributed by atoms with Gasteiger partial charge in [0, 0.05) is 16.5 Å². The fraction of sp³-hybridized carbons (Fsp3) is 0.500. The molecule has 0 aromatic heterocycles. The van der Waals surface area contributed by atoms with Gasteiger partial charge in [-0.3, -0.25) is 14.4 Å². The molecule has 1 aromatic carbocycles. The van der Waals surface area contributed by atoms with Crippen molar-refractivity contribution in [3.8, 4) is 0 Å². The number of halogens is 1. The molecule has 6 atom stereocenters. The van der Waals surface area contributed by atoms with E-state index < -0.39 is 23.9 Å². The second kappa shape index (κ2) is 5.59. The van der Waals surface area contributed by atoms with Crippen molar-refractivity contribution in [3.63, 3.8) is 0 Å². The van der Waals surface area contributed by atoms with E-state index in [1.807, 2.05) is 0 Å². The highest BCUT2D eigenvalue weighted by atomic mass is 35.5. The summed E-state index contributed by atoms with van der Waals surface area (Å²) in [4.78, 5) is 37.0. The monoisotopic (exact) mass is 348 g/mol. The van der Waals surface area contributed by atoms with Crippen LogP contribution >= 0.6 is 11.6 Å². The van der Waals surface area contributed by atoms with Crippen LogP contribution in [-0.2, 0) is 19.1 Å². The summed E-state index contributed by atoms with van der Waals surface area (Å²) in [6, 6.07) is 6.53. The van der Waals surface area contributed by atoms with Crippen LogP contribution in [0.5, 0.6) is 0 Å². The fourth-order valence-electron chi connectivity index (χ4n) is 4.51. The molecule has 1 aromatic rings. The largest absolute Gasteiger partial charge is 0.462 e. The molecule has 0 amide bonds. The Morgan fingerprint density at radius 3 is 2.88 bits per heavy atom. The molecule has 4 rings (SSSR count). The predicted molar refractivity (Wildman–Crippen MR) is 84.4 cm³/mol. The molecule has 0 N–H and O–H groups in total. The second-order valence-corrected chi connectivity index (χ2v) is 7.31. The van der Waals surface area contributed by atoms with E-state index in [0.717, 1.165) is 12.8 Å². The molecule has 2 saturated carbocycles. The molecule has 1 heterocycles. The molecule has 0 unspecified atom stereocenters. The van der Waals surface area contributed by atoms with E-state index in [-0.39, 0.29) is 29.7 Å². The molecule has 0 spiro atoms. The van der Waals surface area contributed by atoms with Crippen LogP contribution in [0.15, 0.2) is 24.3 Å². The standard InChI is InChI=1S/C18H17ClO5/c1-8(16(20)9-3-2-4-11(19)5-9)23-17(21)14-10-6-12-13(7-10)24-18(22)15(12)14/h2-5,8,10,12-15H,6-7H2,1H3/t8-,10+,12-,13-,14+,15+/m0/s1. The highest BCUT2D eigenvalue weighted by Gasteiger charge is 2.64. The summed E-state index contributed by atoms with van der Waals surface area (Å²) in [5.74, 6) is -1.67. The molecule has 24 heavy (non-hydrogen) atoms. The van der Waals surface area contributed by atoms with Crippen LogP contribution in [-0.4, -0.2) is 29.9 Å². The van der Waals surface area contributed by atoms with Crippen molar-refractivity contribution in [3.05, 3.63) is 34.9 Å². The molecular weight excluding hydrogens is 332 g/mol. The molecule has 1 aliphatic heterocycles. The molecule has 3 aliphatic rings. The number of Topliss-reactive ketones (excluding diaryl/α,β-unsaturated/α-hetero) is 1. The van der Waals surface area contributed by atoms with Crippen LogP contribution in [0.4, 0.5) is 0 Å². The van der Waals surface area contributed by atoms with Crippen molar-refractivity contribution in [1.82, 2.24) is 0 Å². The van der Waals surface area contributed by atoms with Gasteiger partial charge in [-0.1, -0.05) is 23.7 Å². The molecular formula is C18H17ClO5. The van der Waals surface area contributed by atoms with Crippen molar-refractivity contribution in [2.75, 3.05) is 0 Å². The minimum Gasteiger partial charge on any atom is -0.462 e. The van der Waals surface area contributed by atoms with Gasteiger partial charge in [-0.2, -0.15) is 0 Å². The Morgan fingerprint density at radius 1 is 1.33 bits per heavy atom. The van der Waals surface area contributed by atoms with E-state index in [1.54, 1.807) is 31.2 Å². The summed E-state index contributed by atoms with van der Waals surface area (Å²) in [6.07, 6.45) is 0.617. The molecule has 5 nitrogen and oxygen atoms in total. The number of rotatable bonds is 4. The number of benzene rings is 1. The molecule has 6 heteroatoms. The van der Waals surface area contributed by atoms with E-state index >= 15 is 0 Å². The summed E-state index contributed by atoms with van der Waals surface area (Å²) in [6.45, 7) is 1.55. The lowest BCUT2D eigenvalue weighted by Crippen LogP contribution is -2.36. The maximum Gasteiger partial charge on any atom is 0.310 e. The number of carbonyl (C=O) groups excluding carboxylic acids is 3. The molecule has 2 aliphatic carbocycles. The van der Waals surface area contributed by atoms with Gasteiger partial charge in [-0.05, 0) is 37.8 Å². The first-order chi connectivity index (χ1) is 11.5. The predicted octanol–water partition coefficient (Wildman–Crippen LogP) is 2.65. The third kappa shape index (κ3) is 2.34. The van der Waals surface area contributed by atoms with Crippen LogP contribution in [0.3, 0.4) is 0 Å². The van der Waals surface area contributed by atoms with Crippen molar-refractivity contribution in [2.45, 2.75) is 32.0 Å². The third-order valence-electron chi connectivity index (χ3n) is 5.53. The zero-order valence-corrected chi connectivity index (χ0v) is 13.9. The van der Waals surface area contributed by atoms with E-state index in [1.165, 1.54) is 0 Å². The van der Waals surface area contributed by atoms with Crippen molar-refractivity contribution >= 4 is 29.3 Å². The van der Waals surface area contributed by atoms with Gasteiger partial charge in [-0.15, -0.1) is 0 Å². The first-order valence-electron chi connectivity index (χ1n) is 8.16. The highest BCUT2D eigenvalue weighted by molar-refractivity contribution is 6.31. The minimum atomic E-state index is -0.914. The average Bonchev–Trinajstić information content (AvgIpc) is 3.15. The Balaban J connectivity index is 1.46. The summed E-state index contributed by atoms with van der Waals surface area (Å²) >= 11 is 5.89. The zero-order valence-electron chi connectivity index (χ0n) is 13.1. The summed E-state index contributed by atoms with van der Waals surface area (Å²) < 4.78 is 10.7. The Kier molecular flexibility index (Phi) is 3.64. The molecule has 1 saturated heterocycles. The van der Waals surface area contributed by atoms with Gasteiger partial charge in [0.2, 0.25) is 5.78 Å². The minimum absolute atomic E-state index is 0.0259. The Hall–Kier alpha value is -1.88. The number of ether oxygens (including phenoxy) is 2. The first-order valence-corrected chi connectivity index (χ1v) is 8.54. The number of hydrogen-bond acceptors (Lipinski definition) is 5. The lowest BCUT2D eigenvalue weighted by molar-refractivity contribution is -0.157. The SMILES string of the molecule is C[C@H](OC(=O)[C@@H]1[C@@H]2C[C@@H]3[C@H]1C(=O)O[C@H]3C2)C(=O)c1cccc(Cl)c1. The number of carbonyl (C=O) groups is 3. The van der Waals surface area contributed by atoms with Gasteiger partial charge in [0.1, 0.15) is 6.10 Å². The summed E-state index contributed by atoms with van der Waals surface area (Å²) in [5.41, 5.74) is 0.399. The van der Waals surface area contributed by atoms with Crippen molar-refractivity contribution in [2.24, 2.45) is 23.7 Å². The zero-order chi connectivity index (χ0) is 17.0. The Morgan fingerprint density at radius 2 is 2.12 bits per heavy atom. The number of esters is 2. The van der Waals surface area contributed by atoms with Crippen LogP contribution in [0.2, 0.25) is 5.02 Å². The lowest BCUT2D eigenvalue weighted by atomic mass is 9.80. The summed E-state index contributed by atoms with van der Waals surface area (Å²) in [7, 11) is 0. The maximum absolute atomic E-state index is 12.6. The van der Waals surface area contributed by atoms with Crippen LogP contribution in [0, 0.1) is 23.7 Å². The first kappa shape index (κ1) is 15.6. The van der Waals surface area contributed by atoms with E-state index in [2.05, 4.69) is 0 Å². The van der Waals surface area contributed by atoms with Crippen LogP contribution in [0.1, 0.15) is 30.1 Å². The third-order valence-corrected chi connectivity index (χ3v) is 5.76. The molecule has 2 bridgehead atoms. The molecule has 126 valence electrons. The maximum atomic E-state index is 12.6. The molecule has 3 fully saturated rings. The van der Waals surface area contributed by atoms with E-state index in [4.69, 9.17) is 21.1 Å². The van der Waals surface area contributed by atoms with Crippen molar-refractivity contribution < 1.29 is 23.9 Å². The number of hydrogen-bond donors (Lipinski definition) is 0. The topological polar surface area (TPSA) is 69.7 Å². The normalized spacial score (nSPS) is 34.1. The van der Waals surface area contributed by atoms with Crippen molar-refractivity contribution in [1.29, 1.82) is 0 Å².